The van der Waals surface area contributed by atoms with Crippen molar-refractivity contribution < 1.29 is 9.59 Å². The molecule has 1 aromatic heterocycles. The summed E-state index contributed by atoms with van der Waals surface area (Å²) in [5, 5.41) is 0. The topological polar surface area (TPSA) is 37.4 Å². The number of nitrogens with zero attached hydrogens (tertiary/aromatic N) is 1. The van der Waals surface area contributed by atoms with Gasteiger partial charge in [-0.3, -0.25) is 14.5 Å². The number of carbonyl (C=O) groups is 2. The third-order valence-electron chi connectivity index (χ3n) is 3.00. The van der Waals surface area contributed by atoms with Crippen molar-refractivity contribution in [2.45, 2.75) is 20.4 Å². The van der Waals surface area contributed by atoms with E-state index in [2.05, 4.69) is 15.9 Å². The van der Waals surface area contributed by atoms with Crippen LogP contribution < -0.4 is 0 Å². The summed E-state index contributed by atoms with van der Waals surface area (Å²) in [6.45, 7) is 4.03. The van der Waals surface area contributed by atoms with Gasteiger partial charge in [0.2, 0.25) is 11.8 Å². The van der Waals surface area contributed by atoms with Crippen LogP contribution in [0.15, 0.2) is 15.9 Å². The monoisotopic (exact) mass is 301 g/mol. The fraction of sp³-hybridized carbons (Fsp3) is 0.455. The van der Waals surface area contributed by atoms with Crippen LogP contribution in [-0.2, 0) is 16.1 Å². The molecule has 1 aromatic rings. The van der Waals surface area contributed by atoms with Crippen molar-refractivity contribution in [3.8, 4) is 0 Å². The van der Waals surface area contributed by atoms with Gasteiger partial charge < -0.3 is 0 Å². The second kappa shape index (κ2) is 4.30. The number of rotatable bonds is 2. The lowest BCUT2D eigenvalue weighted by Crippen LogP contribution is -2.29. The zero-order valence-electron chi connectivity index (χ0n) is 9.07. The van der Waals surface area contributed by atoms with E-state index >= 15 is 0 Å². The van der Waals surface area contributed by atoms with E-state index in [1.165, 1.54) is 4.90 Å². The molecular formula is C11H12BrNO2S. The fourth-order valence-corrected chi connectivity index (χ4v) is 3.25. The maximum Gasteiger partial charge on any atom is 0.233 e. The van der Waals surface area contributed by atoms with Gasteiger partial charge in [-0.1, -0.05) is 13.8 Å². The van der Waals surface area contributed by atoms with Gasteiger partial charge in [0.15, 0.2) is 0 Å². The van der Waals surface area contributed by atoms with Crippen LogP contribution in [0.1, 0.15) is 18.7 Å². The lowest BCUT2D eigenvalue weighted by Gasteiger charge is -2.12. The molecule has 0 bridgehead atoms. The highest BCUT2D eigenvalue weighted by molar-refractivity contribution is 9.11. The van der Waals surface area contributed by atoms with Crippen LogP contribution in [0.4, 0.5) is 0 Å². The van der Waals surface area contributed by atoms with E-state index in [4.69, 9.17) is 0 Å². The Labute approximate surface area is 107 Å². The molecule has 5 heteroatoms. The molecule has 2 unspecified atom stereocenters. The maximum atomic E-state index is 11.8. The number of halogens is 1. The van der Waals surface area contributed by atoms with Crippen LogP contribution >= 0.6 is 27.3 Å². The van der Waals surface area contributed by atoms with Crippen LogP contribution in [0.25, 0.3) is 0 Å². The average molecular weight is 302 g/mol. The van der Waals surface area contributed by atoms with Gasteiger partial charge >= 0.3 is 0 Å². The van der Waals surface area contributed by atoms with Crippen LogP contribution in [-0.4, -0.2) is 16.7 Å². The molecule has 2 atom stereocenters. The number of thiophene rings is 1. The molecular weight excluding hydrogens is 290 g/mol. The number of carbonyl (C=O) groups excluding carboxylic acids is 2. The first-order chi connectivity index (χ1) is 7.50. The molecule has 1 fully saturated rings. The van der Waals surface area contributed by atoms with Crippen molar-refractivity contribution >= 4 is 39.1 Å². The van der Waals surface area contributed by atoms with Crippen LogP contribution in [0.5, 0.6) is 0 Å². The molecule has 1 aliphatic rings. The van der Waals surface area contributed by atoms with Crippen molar-refractivity contribution in [2.24, 2.45) is 11.8 Å². The molecule has 86 valence electrons. The molecule has 0 radical (unpaired) electrons. The lowest BCUT2D eigenvalue weighted by molar-refractivity contribution is -0.140. The highest BCUT2D eigenvalue weighted by atomic mass is 79.9. The Morgan fingerprint density at radius 3 is 2.25 bits per heavy atom. The molecule has 0 spiro atoms. The van der Waals surface area contributed by atoms with Crippen molar-refractivity contribution in [3.63, 3.8) is 0 Å². The molecule has 1 aliphatic heterocycles. The van der Waals surface area contributed by atoms with E-state index in [9.17, 15) is 9.59 Å². The Hall–Kier alpha value is -0.680. The second-order valence-corrected chi connectivity index (χ2v) is 6.59. The van der Waals surface area contributed by atoms with Crippen LogP contribution in [0, 0.1) is 11.8 Å². The first-order valence-corrected chi connectivity index (χ1v) is 6.71. The van der Waals surface area contributed by atoms with Gasteiger partial charge in [-0.25, -0.2) is 0 Å². The Balaban J connectivity index is 2.16. The summed E-state index contributed by atoms with van der Waals surface area (Å²) in [5.74, 6) is -0.476. The quantitative estimate of drug-likeness (QED) is 0.788. The predicted molar refractivity (Wildman–Crippen MR) is 65.9 cm³/mol. The molecule has 0 aliphatic carbocycles. The molecule has 2 amide bonds. The van der Waals surface area contributed by atoms with Gasteiger partial charge in [0.05, 0.1) is 10.3 Å². The molecule has 0 aromatic carbocycles. The maximum absolute atomic E-state index is 11.8. The second-order valence-electron chi connectivity index (χ2n) is 4.05. The molecule has 16 heavy (non-hydrogen) atoms. The Kier molecular flexibility index (Phi) is 3.17. The first kappa shape index (κ1) is 11.8. The SMILES string of the molecule is CC1C(=O)N(Cc2ccc(Br)s2)C(=O)C1C. The number of hydrogen-bond donors (Lipinski definition) is 0. The van der Waals surface area contributed by atoms with Gasteiger partial charge in [-0.2, -0.15) is 0 Å². The molecule has 2 rings (SSSR count). The van der Waals surface area contributed by atoms with Crippen LogP contribution in [0.2, 0.25) is 0 Å². The molecule has 0 N–H and O–H groups in total. The zero-order chi connectivity index (χ0) is 11.9. The van der Waals surface area contributed by atoms with E-state index in [-0.39, 0.29) is 23.7 Å². The summed E-state index contributed by atoms with van der Waals surface area (Å²) >= 11 is 4.92. The Bertz CT molecular complexity index is 423. The summed E-state index contributed by atoms with van der Waals surface area (Å²) in [6, 6.07) is 3.86. The highest BCUT2D eigenvalue weighted by Gasteiger charge is 2.42. The van der Waals surface area contributed by atoms with Crippen molar-refractivity contribution in [2.75, 3.05) is 0 Å². The Morgan fingerprint density at radius 2 is 1.81 bits per heavy atom. The van der Waals surface area contributed by atoms with Gasteiger partial charge in [0.1, 0.15) is 0 Å². The van der Waals surface area contributed by atoms with Crippen molar-refractivity contribution in [1.29, 1.82) is 0 Å². The summed E-state index contributed by atoms with van der Waals surface area (Å²) in [6.07, 6.45) is 0. The standard InChI is InChI=1S/C11H12BrNO2S/c1-6-7(2)11(15)13(10(6)14)5-8-3-4-9(12)16-8/h3-4,6-7H,5H2,1-2H3. The third kappa shape index (κ3) is 1.94. The first-order valence-electron chi connectivity index (χ1n) is 5.10. The number of hydrogen-bond acceptors (Lipinski definition) is 3. The van der Waals surface area contributed by atoms with Crippen LogP contribution in [0.3, 0.4) is 0 Å². The average Bonchev–Trinajstić information content (AvgIpc) is 2.73. The minimum Gasteiger partial charge on any atom is -0.277 e. The van der Waals surface area contributed by atoms with Gasteiger partial charge in [-0.15, -0.1) is 11.3 Å². The fourth-order valence-electron chi connectivity index (χ4n) is 1.78. The minimum atomic E-state index is -0.184. The van der Waals surface area contributed by atoms with Gasteiger partial charge in [-0.05, 0) is 28.1 Å². The largest absolute Gasteiger partial charge is 0.277 e. The normalized spacial score (nSPS) is 25.6. The highest BCUT2D eigenvalue weighted by Crippen LogP contribution is 2.29. The smallest absolute Gasteiger partial charge is 0.233 e. The van der Waals surface area contributed by atoms with Gasteiger partial charge in [0, 0.05) is 16.7 Å². The Morgan fingerprint density at radius 1 is 1.25 bits per heavy atom. The summed E-state index contributed by atoms with van der Waals surface area (Å²) in [7, 11) is 0. The van der Waals surface area contributed by atoms with E-state index in [1.807, 2.05) is 26.0 Å². The van der Waals surface area contributed by atoms with E-state index in [0.29, 0.717) is 6.54 Å². The molecule has 3 nitrogen and oxygen atoms in total. The van der Waals surface area contributed by atoms with Crippen molar-refractivity contribution in [1.82, 2.24) is 4.90 Å². The summed E-state index contributed by atoms with van der Waals surface area (Å²) < 4.78 is 1.02. The minimum absolute atomic E-state index is 0.0537. The van der Waals surface area contributed by atoms with Gasteiger partial charge in [0.25, 0.3) is 0 Å². The summed E-state index contributed by atoms with van der Waals surface area (Å²) in [4.78, 5) is 26.1. The predicted octanol–water partition coefficient (Wildman–Crippen LogP) is 2.65. The molecule has 2 heterocycles. The van der Waals surface area contributed by atoms with Crippen molar-refractivity contribution in [3.05, 3.63) is 20.8 Å². The summed E-state index contributed by atoms with van der Waals surface area (Å²) in [5.41, 5.74) is 0. The number of imide groups is 1. The number of likely N-dealkylation sites (tertiary alicyclic amines) is 1. The number of amides is 2. The zero-order valence-corrected chi connectivity index (χ0v) is 11.5. The lowest BCUT2D eigenvalue weighted by atomic mass is 10.00. The molecule has 1 saturated heterocycles. The molecule has 0 saturated carbocycles. The third-order valence-corrected chi connectivity index (χ3v) is 4.61. The van der Waals surface area contributed by atoms with E-state index in [0.717, 1.165) is 8.66 Å². The van der Waals surface area contributed by atoms with E-state index in [1.54, 1.807) is 11.3 Å². The van der Waals surface area contributed by atoms with E-state index < -0.39 is 0 Å².